The molecule has 1 aromatic carbocycles. The predicted octanol–water partition coefficient (Wildman–Crippen LogP) is 1.83. The molecule has 0 aliphatic heterocycles. The van der Waals surface area contributed by atoms with Crippen LogP contribution < -0.4 is 0 Å². The van der Waals surface area contributed by atoms with Crippen molar-refractivity contribution in [3.05, 3.63) is 54.1 Å². The molecule has 0 bridgehead atoms. The summed E-state index contributed by atoms with van der Waals surface area (Å²) in [6, 6.07) is 12.7. The van der Waals surface area contributed by atoms with E-state index < -0.39 is 0 Å². The van der Waals surface area contributed by atoms with Crippen LogP contribution in [0.4, 0.5) is 0 Å². The minimum Gasteiger partial charge on any atom is -0.293 e. The second-order valence-electron chi connectivity index (χ2n) is 6.03. The Morgan fingerprint density at radius 1 is 1.13 bits per heavy atom. The smallest absolute Gasteiger partial charge is 0.165 e. The summed E-state index contributed by atoms with van der Waals surface area (Å²) in [6.07, 6.45) is 4.36. The van der Waals surface area contributed by atoms with E-state index in [0.717, 1.165) is 30.3 Å². The lowest BCUT2D eigenvalue weighted by molar-refractivity contribution is 0.298. The Balaban J connectivity index is 1.42. The third kappa shape index (κ3) is 3.14. The molecule has 3 aromatic rings. The molecule has 0 N–H and O–H groups in total. The van der Waals surface area contributed by atoms with Crippen LogP contribution in [0.2, 0.25) is 0 Å². The minimum absolute atomic E-state index is 0.505. The van der Waals surface area contributed by atoms with Gasteiger partial charge in [0, 0.05) is 12.7 Å². The Kier molecular flexibility index (Phi) is 3.63. The largest absolute Gasteiger partial charge is 0.293 e. The highest BCUT2D eigenvalue weighted by Crippen LogP contribution is 2.34. The number of hydrogen-bond donors (Lipinski definition) is 0. The van der Waals surface area contributed by atoms with Gasteiger partial charge < -0.3 is 0 Å². The summed E-state index contributed by atoms with van der Waals surface area (Å²) in [5.41, 5.74) is 2.10. The number of nitrogens with zero attached hydrogens (tertiary/aromatic N) is 7. The molecule has 1 aliphatic carbocycles. The highest BCUT2D eigenvalue weighted by Gasteiger charge is 2.27. The van der Waals surface area contributed by atoms with E-state index in [0.29, 0.717) is 6.04 Å². The molecule has 1 fully saturated rings. The normalized spacial score (nSPS) is 14.5. The van der Waals surface area contributed by atoms with Gasteiger partial charge in [-0.05, 0) is 48.5 Å². The van der Waals surface area contributed by atoms with Gasteiger partial charge in [0.25, 0.3) is 0 Å². The molecule has 0 amide bonds. The predicted molar refractivity (Wildman–Crippen MR) is 84.8 cm³/mol. The van der Waals surface area contributed by atoms with E-state index in [4.69, 9.17) is 0 Å². The van der Waals surface area contributed by atoms with E-state index in [9.17, 15) is 0 Å². The van der Waals surface area contributed by atoms with Crippen LogP contribution in [-0.4, -0.2) is 41.9 Å². The first-order valence-corrected chi connectivity index (χ1v) is 7.85. The second kappa shape index (κ2) is 5.92. The molecule has 118 valence electrons. The zero-order valence-corrected chi connectivity index (χ0v) is 13.1. The quantitative estimate of drug-likeness (QED) is 0.695. The van der Waals surface area contributed by atoms with Crippen molar-refractivity contribution in [1.29, 1.82) is 0 Å². The van der Waals surface area contributed by atoms with Crippen molar-refractivity contribution in [2.45, 2.75) is 32.0 Å². The third-order valence-electron chi connectivity index (χ3n) is 3.96. The van der Waals surface area contributed by atoms with Gasteiger partial charge in [-0.2, -0.15) is 5.10 Å². The molecule has 23 heavy (non-hydrogen) atoms. The first-order chi connectivity index (χ1) is 11.3. The Hall–Kier alpha value is -2.54. The zero-order valence-electron chi connectivity index (χ0n) is 13.1. The van der Waals surface area contributed by atoms with Crippen molar-refractivity contribution in [2.24, 2.45) is 0 Å². The molecular weight excluding hydrogens is 290 g/mol. The fourth-order valence-electron chi connectivity index (χ4n) is 2.66. The van der Waals surface area contributed by atoms with Crippen LogP contribution in [0.25, 0.3) is 5.69 Å². The van der Waals surface area contributed by atoms with Gasteiger partial charge in [0.15, 0.2) is 5.82 Å². The van der Waals surface area contributed by atoms with Crippen LogP contribution in [0.3, 0.4) is 0 Å². The first kappa shape index (κ1) is 14.1. The summed E-state index contributed by atoms with van der Waals surface area (Å²) >= 11 is 0. The number of tetrazole rings is 1. The molecule has 0 unspecified atom stereocenters. The molecule has 1 aliphatic rings. The van der Waals surface area contributed by atoms with Crippen molar-refractivity contribution in [2.75, 3.05) is 7.05 Å². The van der Waals surface area contributed by atoms with Gasteiger partial charge in [0.2, 0.25) is 0 Å². The maximum absolute atomic E-state index is 4.64. The number of benzene rings is 1. The van der Waals surface area contributed by atoms with Gasteiger partial charge >= 0.3 is 0 Å². The molecule has 0 spiro atoms. The number of para-hydroxylation sites is 1. The van der Waals surface area contributed by atoms with Crippen LogP contribution in [0, 0.1) is 0 Å². The van der Waals surface area contributed by atoms with Crippen LogP contribution >= 0.6 is 0 Å². The summed E-state index contributed by atoms with van der Waals surface area (Å²) in [5.74, 6) is 0.928. The van der Waals surface area contributed by atoms with Gasteiger partial charge in [-0.1, -0.05) is 18.2 Å². The van der Waals surface area contributed by atoms with Crippen LogP contribution in [-0.2, 0) is 13.1 Å². The SMILES string of the molecule is CN(Cc1ccn(-c2ccccc2)n1)Cc1nnnn1C1CC1. The third-order valence-corrected chi connectivity index (χ3v) is 3.96. The average molecular weight is 309 g/mol. The molecule has 7 heteroatoms. The summed E-state index contributed by atoms with van der Waals surface area (Å²) in [7, 11) is 2.06. The molecule has 0 saturated heterocycles. The number of rotatable bonds is 6. The van der Waals surface area contributed by atoms with Gasteiger partial charge in [-0.3, -0.25) is 4.90 Å². The Labute approximate surface area is 134 Å². The summed E-state index contributed by atoms with van der Waals surface area (Å²) in [4.78, 5) is 2.18. The van der Waals surface area contributed by atoms with Crippen molar-refractivity contribution in [3.63, 3.8) is 0 Å². The highest BCUT2D eigenvalue weighted by atomic mass is 15.6. The first-order valence-electron chi connectivity index (χ1n) is 7.85. The van der Waals surface area contributed by atoms with E-state index in [2.05, 4.69) is 32.6 Å². The molecular formula is C16H19N7. The minimum atomic E-state index is 0.505. The summed E-state index contributed by atoms with van der Waals surface area (Å²) in [5, 5.41) is 16.7. The Bertz CT molecular complexity index is 773. The average Bonchev–Trinajstić information content (AvgIpc) is 3.13. The summed E-state index contributed by atoms with van der Waals surface area (Å²) in [6.45, 7) is 1.49. The fraction of sp³-hybridized carbons (Fsp3) is 0.375. The van der Waals surface area contributed by atoms with Crippen molar-refractivity contribution >= 4 is 0 Å². The topological polar surface area (TPSA) is 64.7 Å². The van der Waals surface area contributed by atoms with Gasteiger partial charge in [0.05, 0.1) is 24.0 Å². The lowest BCUT2D eigenvalue weighted by atomic mass is 10.3. The van der Waals surface area contributed by atoms with Crippen molar-refractivity contribution in [3.8, 4) is 5.69 Å². The fourth-order valence-corrected chi connectivity index (χ4v) is 2.66. The van der Waals surface area contributed by atoms with Crippen LogP contribution in [0.1, 0.15) is 30.4 Å². The van der Waals surface area contributed by atoms with Crippen LogP contribution in [0.15, 0.2) is 42.6 Å². The Morgan fingerprint density at radius 2 is 1.96 bits per heavy atom. The van der Waals surface area contributed by atoms with Crippen molar-refractivity contribution < 1.29 is 0 Å². The number of hydrogen-bond acceptors (Lipinski definition) is 5. The molecule has 0 atom stereocenters. The van der Waals surface area contributed by atoms with Crippen molar-refractivity contribution in [1.82, 2.24) is 34.9 Å². The number of aromatic nitrogens is 6. The van der Waals surface area contributed by atoms with Gasteiger partial charge in [-0.15, -0.1) is 5.10 Å². The second-order valence-corrected chi connectivity index (χ2v) is 6.03. The Morgan fingerprint density at radius 3 is 2.74 bits per heavy atom. The molecule has 4 rings (SSSR count). The standard InChI is InChI=1S/C16H19N7/c1-21(12-16-17-19-20-23(16)15-7-8-15)11-13-9-10-22(18-13)14-5-3-2-4-6-14/h2-6,9-10,15H,7-8,11-12H2,1H3. The van der Waals surface area contributed by atoms with Crippen LogP contribution in [0.5, 0.6) is 0 Å². The molecule has 2 heterocycles. The van der Waals surface area contributed by atoms with E-state index in [1.54, 1.807) is 0 Å². The van der Waals surface area contributed by atoms with E-state index in [-0.39, 0.29) is 0 Å². The molecule has 7 nitrogen and oxygen atoms in total. The summed E-state index contributed by atoms with van der Waals surface area (Å²) < 4.78 is 3.86. The van der Waals surface area contributed by atoms with E-state index in [1.165, 1.54) is 12.8 Å². The highest BCUT2D eigenvalue weighted by molar-refractivity contribution is 5.30. The zero-order chi connectivity index (χ0) is 15.6. The van der Waals surface area contributed by atoms with E-state index >= 15 is 0 Å². The maximum atomic E-state index is 4.64. The monoisotopic (exact) mass is 309 g/mol. The molecule has 2 aromatic heterocycles. The van der Waals surface area contributed by atoms with Gasteiger partial charge in [-0.25, -0.2) is 9.36 Å². The lowest BCUT2D eigenvalue weighted by Crippen LogP contribution is -2.20. The lowest BCUT2D eigenvalue weighted by Gasteiger charge is -2.14. The molecule has 0 radical (unpaired) electrons. The molecule has 1 saturated carbocycles. The maximum Gasteiger partial charge on any atom is 0.165 e. The van der Waals surface area contributed by atoms with E-state index in [1.807, 2.05) is 52.0 Å². The van der Waals surface area contributed by atoms with Gasteiger partial charge in [0.1, 0.15) is 0 Å².